The number of aryl methyl sites for hydroxylation is 1. The van der Waals surface area contributed by atoms with Gasteiger partial charge in [-0.15, -0.1) is 11.3 Å². The molecule has 2 N–H and O–H groups in total. The van der Waals surface area contributed by atoms with Gasteiger partial charge >= 0.3 is 5.97 Å². The van der Waals surface area contributed by atoms with Crippen molar-refractivity contribution >= 4 is 39.1 Å². The van der Waals surface area contributed by atoms with E-state index in [-0.39, 0.29) is 12.3 Å². The van der Waals surface area contributed by atoms with Gasteiger partial charge in [0.25, 0.3) is 5.91 Å². The second-order valence-electron chi connectivity index (χ2n) is 5.55. The zero-order valence-corrected chi connectivity index (χ0v) is 15.0. The Hall–Kier alpha value is -0.880. The number of hydrogen-bond donors (Lipinski definition) is 2. The van der Waals surface area contributed by atoms with Crippen LogP contribution in [0.4, 0.5) is 0 Å². The maximum atomic E-state index is 12.0. The molecule has 0 saturated heterocycles. The Labute approximate surface area is 138 Å². The highest BCUT2D eigenvalue weighted by atomic mass is 79.9. The number of thiophene rings is 1. The second-order valence-corrected chi connectivity index (χ2v) is 7.92. The van der Waals surface area contributed by atoms with Gasteiger partial charge in [-0.05, 0) is 59.2 Å². The molecule has 21 heavy (non-hydrogen) atoms. The summed E-state index contributed by atoms with van der Waals surface area (Å²) in [5, 5.41) is 11.7. The number of nitrogens with one attached hydrogen (secondary N) is 1. The molecule has 0 aliphatic rings. The van der Waals surface area contributed by atoms with Crippen molar-refractivity contribution in [3.05, 3.63) is 20.3 Å². The summed E-state index contributed by atoms with van der Waals surface area (Å²) < 4.78 is 0.981. The minimum atomic E-state index is -0.761. The molecule has 0 aliphatic heterocycles. The molecule has 1 aromatic heterocycles. The van der Waals surface area contributed by atoms with Gasteiger partial charge in [0.2, 0.25) is 0 Å². The van der Waals surface area contributed by atoms with Crippen LogP contribution in [0.5, 0.6) is 0 Å². The van der Waals surface area contributed by atoms with Crippen LogP contribution in [-0.4, -0.2) is 23.5 Å². The van der Waals surface area contributed by atoms with E-state index in [0.29, 0.717) is 29.7 Å². The van der Waals surface area contributed by atoms with E-state index in [1.54, 1.807) is 0 Å². The van der Waals surface area contributed by atoms with Crippen molar-refractivity contribution in [2.45, 2.75) is 40.0 Å². The van der Waals surface area contributed by atoms with Crippen molar-refractivity contribution < 1.29 is 14.7 Å². The summed E-state index contributed by atoms with van der Waals surface area (Å²) in [4.78, 5) is 23.4. The average molecular weight is 376 g/mol. The first-order valence-corrected chi connectivity index (χ1v) is 8.68. The minimum Gasteiger partial charge on any atom is -0.481 e. The van der Waals surface area contributed by atoms with E-state index >= 15 is 0 Å². The van der Waals surface area contributed by atoms with E-state index in [4.69, 9.17) is 5.11 Å². The van der Waals surface area contributed by atoms with Gasteiger partial charge in [-0.25, -0.2) is 0 Å². The van der Waals surface area contributed by atoms with Crippen LogP contribution in [-0.2, 0) is 4.79 Å². The SMILES string of the molecule is Cc1cc(C(=O)NCCC(CCC(=O)O)C(C)C)sc1Br. The molecule has 6 heteroatoms. The molecule has 1 aromatic rings. The molecular formula is C15H22BrNO3S. The second kappa shape index (κ2) is 8.54. The maximum absolute atomic E-state index is 12.0. The summed E-state index contributed by atoms with van der Waals surface area (Å²) in [5.41, 5.74) is 1.06. The van der Waals surface area contributed by atoms with Crippen LogP contribution in [0.1, 0.15) is 48.3 Å². The van der Waals surface area contributed by atoms with Crippen LogP contribution in [0.15, 0.2) is 9.85 Å². The van der Waals surface area contributed by atoms with E-state index < -0.39 is 5.97 Å². The molecule has 1 rings (SSSR count). The third-order valence-electron chi connectivity index (χ3n) is 3.55. The number of amides is 1. The molecule has 0 aromatic carbocycles. The van der Waals surface area contributed by atoms with E-state index in [1.807, 2.05) is 13.0 Å². The molecule has 1 heterocycles. The van der Waals surface area contributed by atoms with Crippen LogP contribution in [0.3, 0.4) is 0 Å². The highest BCUT2D eigenvalue weighted by molar-refractivity contribution is 9.11. The average Bonchev–Trinajstić information content (AvgIpc) is 2.72. The number of carbonyl (C=O) groups excluding carboxylic acids is 1. The molecule has 1 atom stereocenters. The van der Waals surface area contributed by atoms with Crippen molar-refractivity contribution in [1.29, 1.82) is 0 Å². The first-order chi connectivity index (χ1) is 9.81. The molecule has 0 aliphatic carbocycles. The molecule has 4 nitrogen and oxygen atoms in total. The van der Waals surface area contributed by atoms with Gasteiger partial charge in [-0.2, -0.15) is 0 Å². The largest absolute Gasteiger partial charge is 0.481 e. The molecule has 1 unspecified atom stereocenters. The molecule has 0 saturated carbocycles. The summed E-state index contributed by atoms with van der Waals surface area (Å²) in [6, 6.07) is 1.87. The molecule has 0 fully saturated rings. The summed E-state index contributed by atoms with van der Waals surface area (Å²) in [5.74, 6) is -0.0873. The van der Waals surface area contributed by atoms with Crippen LogP contribution < -0.4 is 5.32 Å². The summed E-state index contributed by atoms with van der Waals surface area (Å²) in [7, 11) is 0. The Morgan fingerprint density at radius 3 is 2.52 bits per heavy atom. The number of carboxylic acid groups (broad SMARTS) is 1. The predicted octanol–water partition coefficient (Wildman–Crippen LogP) is 4.08. The first kappa shape index (κ1) is 18.2. The molecule has 118 valence electrons. The lowest BCUT2D eigenvalue weighted by molar-refractivity contribution is -0.137. The summed E-state index contributed by atoms with van der Waals surface area (Å²) >= 11 is 4.84. The van der Waals surface area contributed by atoms with Crippen molar-refractivity contribution in [2.24, 2.45) is 11.8 Å². The van der Waals surface area contributed by atoms with Gasteiger partial charge in [-0.3, -0.25) is 9.59 Å². The van der Waals surface area contributed by atoms with Crippen LogP contribution >= 0.6 is 27.3 Å². The number of hydrogen-bond acceptors (Lipinski definition) is 3. The maximum Gasteiger partial charge on any atom is 0.303 e. The molecule has 0 spiro atoms. The van der Waals surface area contributed by atoms with Gasteiger partial charge in [0.1, 0.15) is 0 Å². The molecule has 0 radical (unpaired) electrons. The standard InChI is InChI=1S/C15H22BrNO3S/c1-9(2)11(4-5-13(18)19)6-7-17-15(20)12-8-10(3)14(16)21-12/h8-9,11H,4-7H2,1-3H3,(H,17,20)(H,18,19). The van der Waals surface area contributed by atoms with Gasteiger partial charge in [0, 0.05) is 13.0 Å². The number of aliphatic carboxylic acids is 1. The number of carboxylic acids is 1. The van der Waals surface area contributed by atoms with E-state index in [9.17, 15) is 9.59 Å². The molecule has 1 amide bonds. The van der Waals surface area contributed by atoms with E-state index in [2.05, 4.69) is 35.1 Å². The smallest absolute Gasteiger partial charge is 0.303 e. The van der Waals surface area contributed by atoms with Crippen LogP contribution in [0.2, 0.25) is 0 Å². The molecular weight excluding hydrogens is 354 g/mol. The number of carbonyl (C=O) groups is 2. The predicted molar refractivity (Wildman–Crippen MR) is 88.9 cm³/mol. The normalized spacial score (nSPS) is 12.4. The van der Waals surface area contributed by atoms with Crippen molar-refractivity contribution in [3.63, 3.8) is 0 Å². The van der Waals surface area contributed by atoms with Crippen LogP contribution in [0, 0.1) is 18.8 Å². The monoisotopic (exact) mass is 375 g/mol. The van der Waals surface area contributed by atoms with Crippen molar-refractivity contribution in [2.75, 3.05) is 6.54 Å². The Morgan fingerprint density at radius 2 is 2.05 bits per heavy atom. The minimum absolute atomic E-state index is 0.0606. The Morgan fingerprint density at radius 1 is 1.38 bits per heavy atom. The zero-order chi connectivity index (χ0) is 16.0. The number of halogens is 1. The Bertz CT molecular complexity index is 480. The lowest BCUT2D eigenvalue weighted by Crippen LogP contribution is -2.26. The highest BCUT2D eigenvalue weighted by Crippen LogP contribution is 2.27. The van der Waals surface area contributed by atoms with Gasteiger partial charge in [0.15, 0.2) is 0 Å². The lowest BCUT2D eigenvalue weighted by atomic mass is 9.88. The summed E-state index contributed by atoms with van der Waals surface area (Å²) in [6.07, 6.45) is 1.66. The van der Waals surface area contributed by atoms with Gasteiger partial charge in [0.05, 0.1) is 8.66 Å². The molecule has 0 bridgehead atoms. The third-order valence-corrected chi connectivity index (χ3v) is 5.69. The highest BCUT2D eigenvalue weighted by Gasteiger charge is 2.16. The fraction of sp³-hybridized carbons (Fsp3) is 0.600. The Kier molecular flexibility index (Phi) is 7.39. The Balaban J connectivity index is 2.42. The fourth-order valence-electron chi connectivity index (χ4n) is 2.15. The topological polar surface area (TPSA) is 66.4 Å². The van der Waals surface area contributed by atoms with Crippen molar-refractivity contribution in [3.8, 4) is 0 Å². The van der Waals surface area contributed by atoms with Crippen LogP contribution in [0.25, 0.3) is 0 Å². The van der Waals surface area contributed by atoms with E-state index in [1.165, 1.54) is 11.3 Å². The van der Waals surface area contributed by atoms with E-state index in [0.717, 1.165) is 15.8 Å². The summed E-state index contributed by atoms with van der Waals surface area (Å²) in [6.45, 7) is 6.72. The third kappa shape index (κ3) is 6.18. The van der Waals surface area contributed by atoms with Crippen molar-refractivity contribution in [1.82, 2.24) is 5.32 Å². The fourth-order valence-corrected chi connectivity index (χ4v) is 3.60. The zero-order valence-electron chi connectivity index (χ0n) is 12.6. The first-order valence-electron chi connectivity index (χ1n) is 7.07. The van der Waals surface area contributed by atoms with Gasteiger partial charge in [-0.1, -0.05) is 13.8 Å². The van der Waals surface area contributed by atoms with Gasteiger partial charge < -0.3 is 10.4 Å². The quantitative estimate of drug-likeness (QED) is 0.719. The lowest BCUT2D eigenvalue weighted by Gasteiger charge is -2.20. The number of rotatable bonds is 8.